The van der Waals surface area contributed by atoms with Crippen molar-refractivity contribution < 1.29 is 4.79 Å². The first-order valence-electron chi connectivity index (χ1n) is 5.83. The Hall–Kier alpha value is -2.02. The summed E-state index contributed by atoms with van der Waals surface area (Å²) in [6.07, 6.45) is 0.689. The van der Waals surface area contributed by atoms with Crippen LogP contribution in [0.4, 0.5) is 0 Å². The van der Waals surface area contributed by atoms with Crippen LogP contribution in [0.1, 0.15) is 26.1 Å². The zero-order valence-corrected chi connectivity index (χ0v) is 11.5. The maximum Gasteiger partial charge on any atom is 0.271 e. The zero-order chi connectivity index (χ0) is 13.8. The number of carbonyl (C=O) groups excluding carboxylic acids is 1. The highest BCUT2D eigenvalue weighted by molar-refractivity contribution is 7.11. The topological polar surface area (TPSA) is 87.7 Å². The van der Waals surface area contributed by atoms with Crippen LogP contribution in [0, 0.1) is 13.8 Å². The molecule has 0 unspecified atom stereocenters. The van der Waals surface area contributed by atoms with Gasteiger partial charge in [0.1, 0.15) is 5.69 Å². The van der Waals surface area contributed by atoms with Gasteiger partial charge in [0.15, 0.2) is 0 Å². The SMILES string of the molecule is Cc1nc(CCNC(=O)c2ccc(=O)[nH]n2)sc1C. The van der Waals surface area contributed by atoms with Gasteiger partial charge in [0.2, 0.25) is 0 Å². The van der Waals surface area contributed by atoms with E-state index in [1.54, 1.807) is 11.3 Å². The van der Waals surface area contributed by atoms with Gasteiger partial charge in [-0.3, -0.25) is 9.59 Å². The first kappa shape index (κ1) is 13.4. The van der Waals surface area contributed by atoms with E-state index in [4.69, 9.17) is 0 Å². The zero-order valence-electron chi connectivity index (χ0n) is 10.7. The molecule has 0 fully saturated rings. The Morgan fingerprint density at radius 2 is 2.21 bits per heavy atom. The van der Waals surface area contributed by atoms with Crippen LogP contribution < -0.4 is 10.9 Å². The number of aromatic nitrogens is 3. The van der Waals surface area contributed by atoms with E-state index in [1.165, 1.54) is 17.0 Å². The smallest absolute Gasteiger partial charge is 0.271 e. The fraction of sp³-hybridized carbons (Fsp3) is 0.333. The van der Waals surface area contributed by atoms with Crippen LogP contribution in [0.5, 0.6) is 0 Å². The number of nitrogens with zero attached hydrogens (tertiary/aromatic N) is 2. The van der Waals surface area contributed by atoms with Gasteiger partial charge in [0.05, 0.1) is 10.7 Å². The molecule has 0 saturated heterocycles. The van der Waals surface area contributed by atoms with Crippen molar-refractivity contribution in [2.75, 3.05) is 6.54 Å². The molecule has 6 nitrogen and oxygen atoms in total. The lowest BCUT2D eigenvalue weighted by molar-refractivity contribution is 0.0948. The summed E-state index contributed by atoms with van der Waals surface area (Å²) >= 11 is 1.64. The molecule has 0 aromatic carbocycles. The van der Waals surface area contributed by atoms with Crippen LogP contribution in [-0.2, 0) is 6.42 Å². The van der Waals surface area contributed by atoms with Gasteiger partial charge in [0, 0.05) is 23.9 Å². The third-order valence-electron chi connectivity index (χ3n) is 2.61. The Morgan fingerprint density at radius 1 is 1.42 bits per heavy atom. The van der Waals surface area contributed by atoms with E-state index in [2.05, 4.69) is 20.5 Å². The summed E-state index contributed by atoms with van der Waals surface area (Å²) in [5, 5.41) is 9.63. The predicted molar refractivity (Wildman–Crippen MR) is 72.5 cm³/mol. The minimum absolute atomic E-state index is 0.200. The van der Waals surface area contributed by atoms with Crippen molar-refractivity contribution in [1.29, 1.82) is 0 Å². The average molecular weight is 278 g/mol. The number of carbonyl (C=O) groups is 1. The normalized spacial score (nSPS) is 10.4. The van der Waals surface area contributed by atoms with Crippen LogP contribution >= 0.6 is 11.3 Å². The van der Waals surface area contributed by atoms with Gasteiger partial charge >= 0.3 is 0 Å². The molecule has 7 heteroatoms. The molecule has 2 N–H and O–H groups in total. The van der Waals surface area contributed by atoms with E-state index in [0.717, 1.165) is 10.7 Å². The highest BCUT2D eigenvalue weighted by atomic mass is 32.1. The Morgan fingerprint density at radius 3 is 2.79 bits per heavy atom. The second kappa shape index (κ2) is 5.75. The average Bonchev–Trinajstić information content (AvgIpc) is 2.69. The first-order valence-corrected chi connectivity index (χ1v) is 6.65. The molecule has 2 aromatic heterocycles. The third-order valence-corrected chi connectivity index (χ3v) is 3.74. The van der Waals surface area contributed by atoms with Crippen molar-refractivity contribution in [3.05, 3.63) is 43.8 Å². The van der Waals surface area contributed by atoms with Gasteiger partial charge in [-0.1, -0.05) is 0 Å². The summed E-state index contributed by atoms with van der Waals surface area (Å²) < 4.78 is 0. The van der Waals surface area contributed by atoms with Crippen LogP contribution in [-0.4, -0.2) is 27.6 Å². The highest BCUT2D eigenvalue weighted by Gasteiger charge is 2.08. The molecular weight excluding hydrogens is 264 g/mol. The van der Waals surface area contributed by atoms with Gasteiger partial charge in [0.25, 0.3) is 11.5 Å². The van der Waals surface area contributed by atoms with Crippen molar-refractivity contribution in [3.63, 3.8) is 0 Å². The molecule has 100 valence electrons. The molecule has 0 aliphatic rings. The molecule has 19 heavy (non-hydrogen) atoms. The van der Waals surface area contributed by atoms with Gasteiger partial charge in [-0.25, -0.2) is 10.1 Å². The second-order valence-electron chi connectivity index (χ2n) is 4.06. The van der Waals surface area contributed by atoms with Crippen molar-refractivity contribution in [2.45, 2.75) is 20.3 Å². The van der Waals surface area contributed by atoms with E-state index in [9.17, 15) is 9.59 Å². The summed E-state index contributed by atoms with van der Waals surface area (Å²) in [5.41, 5.74) is 0.907. The lowest BCUT2D eigenvalue weighted by Gasteiger charge is -2.02. The summed E-state index contributed by atoms with van der Waals surface area (Å²) in [6, 6.07) is 2.67. The van der Waals surface area contributed by atoms with Crippen LogP contribution in [0.25, 0.3) is 0 Å². The number of amides is 1. The fourth-order valence-corrected chi connectivity index (χ4v) is 2.42. The van der Waals surface area contributed by atoms with Gasteiger partial charge < -0.3 is 5.32 Å². The molecule has 0 saturated carbocycles. The molecule has 2 aromatic rings. The highest BCUT2D eigenvalue weighted by Crippen LogP contribution is 2.16. The van der Waals surface area contributed by atoms with E-state index in [0.29, 0.717) is 13.0 Å². The van der Waals surface area contributed by atoms with Gasteiger partial charge in [-0.15, -0.1) is 11.3 Å². The molecule has 1 amide bonds. The Bertz CT molecular complexity index is 607. The van der Waals surface area contributed by atoms with Crippen LogP contribution in [0.15, 0.2) is 16.9 Å². The predicted octanol–water partition coefficient (Wildman–Crippen LogP) is 0.816. The van der Waals surface area contributed by atoms with Gasteiger partial charge in [-0.05, 0) is 19.9 Å². The molecule has 2 heterocycles. The summed E-state index contributed by atoms with van der Waals surface area (Å²) in [6.45, 7) is 4.49. The fourth-order valence-electron chi connectivity index (χ4n) is 1.49. The first-order chi connectivity index (χ1) is 9.06. The molecule has 0 bridgehead atoms. The summed E-state index contributed by atoms with van der Waals surface area (Å²) in [5.74, 6) is -0.304. The number of hydrogen-bond donors (Lipinski definition) is 2. The van der Waals surface area contributed by atoms with E-state index < -0.39 is 0 Å². The third kappa shape index (κ3) is 3.47. The number of nitrogens with one attached hydrogen (secondary N) is 2. The maximum atomic E-state index is 11.7. The van der Waals surface area contributed by atoms with E-state index in [1.807, 2.05) is 13.8 Å². The number of H-pyrrole nitrogens is 1. The van der Waals surface area contributed by atoms with Gasteiger partial charge in [-0.2, -0.15) is 5.10 Å². The number of thiazole rings is 1. The van der Waals surface area contributed by atoms with Crippen molar-refractivity contribution in [2.24, 2.45) is 0 Å². The second-order valence-corrected chi connectivity index (χ2v) is 5.35. The van der Waals surface area contributed by atoms with Crippen molar-refractivity contribution in [1.82, 2.24) is 20.5 Å². The Balaban J connectivity index is 1.87. The molecule has 0 aliphatic carbocycles. The minimum Gasteiger partial charge on any atom is -0.350 e. The standard InChI is InChI=1S/C12H14N4O2S/c1-7-8(2)19-11(14-7)5-6-13-12(18)9-3-4-10(17)16-15-9/h3-4H,5-6H2,1-2H3,(H,13,18)(H,16,17). The Kier molecular flexibility index (Phi) is 4.06. The van der Waals surface area contributed by atoms with E-state index in [-0.39, 0.29) is 17.2 Å². The monoisotopic (exact) mass is 278 g/mol. The summed E-state index contributed by atoms with van der Waals surface area (Å²) in [7, 11) is 0. The molecular formula is C12H14N4O2S. The number of aromatic amines is 1. The van der Waals surface area contributed by atoms with Crippen LogP contribution in [0.3, 0.4) is 0 Å². The maximum absolute atomic E-state index is 11.7. The molecule has 0 aliphatic heterocycles. The molecule has 0 atom stereocenters. The largest absolute Gasteiger partial charge is 0.350 e. The van der Waals surface area contributed by atoms with Crippen molar-refractivity contribution in [3.8, 4) is 0 Å². The Labute approximate surface area is 113 Å². The number of rotatable bonds is 4. The molecule has 0 spiro atoms. The quantitative estimate of drug-likeness (QED) is 0.866. The number of aryl methyl sites for hydroxylation is 2. The lowest BCUT2D eigenvalue weighted by Crippen LogP contribution is -2.27. The summed E-state index contributed by atoms with van der Waals surface area (Å²) in [4.78, 5) is 28.1. The molecule has 2 rings (SSSR count). The number of hydrogen-bond acceptors (Lipinski definition) is 5. The van der Waals surface area contributed by atoms with Crippen molar-refractivity contribution >= 4 is 17.2 Å². The lowest BCUT2D eigenvalue weighted by atomic mass is 10.3. The van der Waals surface area contributed by atoms with Crippen LogP contribution in [0.2, 0.25) is 0 Å². The van der Waals surface area contributed by atoms with E-state index >= 15 is 0 Å². The molecule has 0 radical (unpaired) electrons. The minimum atomic E-state index is -0.328.